The molecule has 0 unspecified atom stereocenters. The van der Waals surface area contributed by atoms with Gasteiger partial charge >= 0.3 is 6.03 Å². The summed E-state index contributed by atoms with van der Waals surface area (Å²) in [5, 5.41) is 5.98. The number of benzene rings is 2. The van der Waals surface area contributed by atoms with Gasteiger partial charge in [0.15, 0.2) is 0 Å². The van der Waals surface area contributed by atoms with Crippen LogP contribution in [0.5, 0.6) is 5.75 Å². The fraction of sp³-hybridized carbons (Fsp3) is 0.350. The molecule has 5 heteroatoms. The summed E-state index contributed by atoms with van der Waals surface area (Å²) in [6.45, 7) is 3.88. The molecule has 1 aliphatic heterocycles. The Hall–Kier alpha value is -2.69. The number of nitrogens with one attached hydrogen (secondary N) is 2. The lowest BCUT2D eigenvalue weighted by Crippen LogP contribution is -2.46. The molecular formula is C20H25N3O2. The number of hydrogen-bond donors (Lipinski definition) is 2. The van der Waals surface area contributed by atoms with E-state index in [4.69, 9.17) is 4.74 Å². The highest BCUT2D eigenvalue weighted by atomic mass is 16.5. The Labute approximate surface area is 149 Å². The number of rotatable bonds is 4. The van der Waals surface area contributed by atoms with E-state index in [-0.39, 0.29) is 12.1 Å². The Morgan fingerprint density at radius 3 is 2.52 bits per heavy atom. The second-order valence-electron chi connectivity index (χ2n) is 6.40. The van der Waals surface area contributed by atoms with Gasteiger partial charge in [-0.1, -0.05) is 24.3 Å². The zero-order valence-electron chi connectivity index (χ0n) is 14.8. The summed E-state index contributed by atoms with van der Waals surface area (Å²) in [6.07, 6.45) is 1.88. The minimum Gasteiger partial charge on any atom is -0.495 e. The maximum absolute atomic E-state index is 12.3. The number of carbonyl (C=O) groups is 1. The Morgan fingerprint density at radius 1 is 1.12 bits per heavy atom. The lowest BCUT2D eigenvalue weighted by molar-refractivity contribution is 0.246. The molecule has 1 heterocycles. The standard InChI is InChI=1S/C20H25N3O2/c1-15-8-9-19(25-2)18(14-15)22-20(24)21-16-10-12-23(13-11-16)17-6-4-3-5-7-17/h3-9,14,16H,10-13H2,1-2H3,(H2,21,22,24). The first kappa shape index (κ1) is 17.1. The molecule has 0 radical (unpaired) electrons. The van der Waals surface area contributed by atoms with E-state index >= 15 is 0 Å². The van der Waals surface area contributed by atoms with Gasteiger partial charge in [-0.2, -0.15) is 0 Å². The Morgan fingerprint density at radius 2 is 1.84 bits per heavy atom. The number of carbonyl (C=O) groups excluding carboxylic acids is 1. The van der Waals surface area contributed by atoms with Crippen molar-refractivity contribution in [2.75, 3.05) is 30.4 Å². The van der Waals surface area contributed by atoms with E-state index in [0.29, 0.717) is 11.4 Å². The number of hydrogen-bond acceptors (Lipinski definition) is 3. The van der Waals surface area contributed by atoms with Crippen molar-refractivity contribution in [1.82, 2.24) is 5.32 Å². The van der Waals surface area contributed by atoms with Crippen LogP contribution in [0.4, 0.5) is 16.2 Å². The van der Waals surface area contributed by atoms with E-state index in [1.165, 1.54) is 5.69 Å². The van der Waals surface area contributed by atoms with Crippen LogP contribution >= 0.6 is 0 Å². The van der Waals surface area contributed by atoms with Gasteiger partial charge in [-0.3, -0.25) is 0 Å². The van der Waals surface area contributed by atoms with Gasteiger partial charge in [-0.15, -0.1) is 0 Å². The van der Waals surface area contributed by atoms with Crippen molar-refractivity contribution >= 4 is 17.4 Å². The summed E-state index contributed by atoms with van der Waals surface area (Å²) < 4.78 is 5.31. The number of methoxy groups -OCH3 is 1. The van der Waals surface area contributed by atoms with Crippen LogP contribution in [0.25, 0.3) is 0 Å². The van der Waals surface area contributed by atoms with E-state index in [0.717, 1.165) is 31.5 Å². The van der Waals surface area contributed by atoms with E-state index in [1.54, 1.807) is 7.11 Å². The SMILES string of the molecule is COc1ccc(C)cc1NC(=O)NC1CCN(c2ccccc2)CC1. The minimum absolute atomic E-state index is 0.179. The number of amides is 2. The molecule has 1 aliphatic rings. The highest BCUT2D eigenvalue weighted by Crippen LogP contribution is 2.25. The molecular weight excluding hydrogens is 314 g/mol. The molecule has 25 heavy (non-hydrogen) atoms. The average Bonchev–Trinajstić information content (AvgIpc) is 2.63. The Bertz CT molecular complexity index is 710. The number of urea groups is 1. The summed E-state index contributed by atoms with van der Waals surface area (Å²) in [6, 6.07) is 16.2. The maximum atomic E-state index is 12.3. The maximum Gasteiger partial charge on any atom is 0.319 e. The van der Waals surface area contributed by atoms with Crippen LogP contribution in [-0.2, 0) is 0 Å². The molecule has 0 saturated carbocycles. The third kappa shape index (κ3) is 4.44. The Kier molecular flexibility index (Phi) is 5.43. The van der Waals surface area contributed by atoms with E-state index in [9.17, 15) is 4.79 Å². The molecule has 3 rings (SSSR count). The minimum atomic E-state index is -0.179. The van der Waals surface area contributed by atoms with Gasteiger partial charge in [-0.25, -0.2) is 4.79 Å². The third-order valence-corrected chi connectivity index (χ3v) is 4.55. The molecule has 0 aliphatic carbocycles. The smallest absolute Gasteiger partial charge is 0.319 e. The molecule has 2 amide bonds. The summed E-state index contributed by atoms with van der Waals surface area (Å²) >= 11 is 0. The highest BCUT2D eigenvalue weighted by molar-refractivity contribution is 5.91. The van der Waals surface area contributed by atoms with E-state index in [1.807, 2.05) is 31.2 Å². The summed E-state index contributed by atoms with van der Waals surface area (Å²) in [5.41, 5.74) is 3.02. The van der Waals surface area contributed by atoms with Crippen molar-refractivity contribution in [3.8, 4) is 5.75 Å². The molecule has 2 aromatic rings. The molecule has 0 spiro atoms. The lowest BCUT2D eigenvalue weighted by atomic mass is 10.0. The predicted octanol–water partition coefficient (Wildman–Crippen LogP) is 3.79. The van der Waals surface area contributed by atoms with Gasteiger partial charge in [-0.05, 0) is 49.6 Å². The number of ether oxygens (including phenoxy) is 1. The fourth-order valence-corrected chi connectivity index (χ4v) is 3.18. The molecule has 0 aromatic heterocycles. The zero-order valence-corrected chi connectivity index (χ0v) is 14.8. The third-order valence-electron chi connectivity index (χ3n) is 4.55. The van der Waals surface area contributed by atoms with Gasteiger partial charge in [0.25, 0.3) is 0 Å². The van der Waals surface area contributed by atoms with Gasteiger partial charge in [0.05, 0.1) is 12.8 Å². The molecule has 132 valence electrons. The molecule has 1 saturated heterocycles. The average molecular weight is 339 g/mol. The number of aryl methyl sites for hydroxylation is 1. The van der Waals surface area contributed by atoms with E-state index in [2.05, 4.69) is 39.8 Å². The van der Waals surface area contributed by atoms with Crippen molar-refractivity contribution < 1.29 is 9.53 Å². The molecule has 2 N–H and O–H groups in total. The van der Waals surface area contributed by atoms with Crippen molar-refractivity contribution in [3.63, 3.8) is 0 Å². The second kappa shape index (κ2) is 7.92. The van der Waals surface area contributed by atoms with Crippen LogP contribution in [0, 0.1) is 6.92 Å². The summed E-state index contributed by atoms with van der Waals surface area (Å²) in [5.74, 6) is 0.666. The normalized spacial score (nSPS) is 14.9. The van der Waals surface area contributed by atoms with Crippen LogP contribution in [-0.4, -0.2) is 32.3 Å². The quantitative estimate of drug-likeness (QED) is 0.891. The molecule has 5 nitrogen and oxygen atoms in total. The summed E-state index contributed by atoms with van der Waals surface area (Å²) in [4.78, 5) is 14.7. The van der Waals surface area contributed by atoms with Gasteiger partial charge in [0, 0.05) is 24.8 Å². The van der Waals surface area contributed by atoms with Gasteiger partial charge in [0.2, 0.25) is 0 Å². The van der Waals surface area contributed by atoms with E-state index < -0.39 is 0 Å². The van der Waals surface area contributed by atoms with Crippen molar-refractivity contribution in [2.45, 2.75) is 25.8 Å². The number of anilines is 2. The fourth-order valence-electron chi connectivity index (χ4n) is 3.18. The lowest BCUT2D eigenvalue weighted by Gasteiger charge is -2.34. The molecule has 0 atom stereocenters. The molecule has 1 fully saturated rings. The van der Waals surface area contributed by atoms with Crippen LogP contribution < -0.4 is 20.3 Å². The van der Waals surface area contributed by atoms with Gasteiger partial charge < -0.3 is 20.3 Å². The van der Waals surface area contributed by atoms with Crippen LogP contribution in [0.1, 0.15) is 18.4 Å². The van der Waals surface area contributed by atoms with Crippen LogP contribution in [0.15, 0.2) is 48.5 Å². The largest absolute Gasteiger partial charge is 0.495 e. The predicted molar refractivity (Wildman–Crippen MR) is 102 cm³/mol. The number of piperidine rings is 1. The summed E-state index contributed by atoms with van der Waals surface area (Å²) in [7, 11) is 1.60. The molecule has 0 bridgehead atoms. The van der Waals surface area contributed by atoms with Crippen molar-refractivity contribution in [3.05, 3.63) is 54.1 Å². The first-order valence-electron chi connectivity index (χ1n) is 8.68. The Balaban J connectivity index is 1.52. The van der Waals surface area contributed by atoms with Crippen LogP contribution in [0.3, 0.4) is 0 Å². The number of nitrogens with zero attached hydrogens (tertiary/aromatic N) is 1. The topological polar surface area (TPSA) is 53.6 Å². The highest BCUT2D eigenvalue weighted by Gasteiger charge is 2.21. The number of para-hydroxylation sites is 1. The molecule has 2 aromatic carbocycles. The first-order chi connectivity index (χ1) is 12.2. The van der Waals surface area contributed by atoms with Gasteiger partial charge in [0.1, 0.15) is 5.75 Å². The second-order valence-corrected chi connectivity index (χ2v) is 6.40. The van der Waals surface area contributed by atoms with Crippen molar-refractivity contribution in [1.29, 1.82) is 0 Å². The van der Waals surface area contributed by atoms with Crippen LogP contribution in [0.2, 0.25) is 0 Å². The monoisotopic (exact) mass is 339 g/mol. The zero-order chi connectivity index (χ0) is 17.6. The van der Waals surface area contributed by atoms with Crippen molar-refractivity contribution in [2.24, 2.45) is 0 Å². The first-order valence-corrected chi connectivity index (χ1v) is 8.68.